The molecule has 3 atom stereocenters. The molecule has 1 saturated carbocycles. The van der Waals surface area contributed by atoms with E-state index in [4.69, 9.17) is 4.74 Å². The van der Waals surface area contributed by atoms with Crippen molar-refractivity contribution in [2.75, 3.05) is 6.61 Å². The van der Waals surface area contributed by atoms with Gasteiger partial charge in [0.2, 0.25) is 0 Å². The highest BCUT2D eigenvalue weighted by atomic mass is 16.5. The molecule has 1 nitrogen and oxygen atoms in total. The summed E-state index contributed by atoms with van der Waals surface area (Å²) in [5, 5.41) is 0. The van der Waals surface area contributed by atoms with Gasteiger partial charge >= 0.3 is 0 Å². The maximum absolute atomic E-state index is 5.86. The first-order valence-electron chi connectivity index (χ1n) is 6.19. The van der Waals surface area contributed by atoms with Crippen molar-refractivity contribution in [1.82, 2.24) is 0 Å². The molecule has 0 radical (unpaired) electrons. The van der Waals surface area contributed by atoms with Crippen LogP contribution < -0.4 is 4.74 Å². The molecule has 3 unspecified atom stereocenters. The van der Waals surface area contributed by atoms with Crippen LogP contribution in [0, 0.1) is 24.7 Å². The van der Waals surface area contributed by atoms with E-state index in [9.17, 15) is 0 Å². The number of hydrogen-bond donors (Lipinski definition) is 0. The highest BCUT2D eigenvalue weighted by Gasteiger charge is 2.35. The van der Waals surface area contributed by atoms with Crippen LogP contribution in [0.5, 0.6) is 5.75 Å². The monoisotopic (exact) mass is 214 g/mol. The maximum atomic E-state index is 5.86. The van der Waals surface area contributed by atoms with Crippen molar-refractivity contribution in [2.45, 2.75) is 19.8 Å². The van der Waals surface area contributed by atoms with Crippen molar-refractivity contribution in [3.05, 3.63) is 42.0 Å². The van der Waals surface area contributed by atoms with Gasteiger partial charge in [-0.25, -0.2) is 0 Å². The lowest BCUT2D eigenvalue weighted by Crippen LogP contribution is -2.16. The zero-order chi connectivity index (χ0) is 11.0. The Bertz CT molecular complexity index is 390. The second-order valence-corrected chi connectivity index (χ2v) is 5.16. The van der Waals surface area contributed by atoms with Gasteiger partial charge in [0, 0.05) is 0 Å². The lowest BCUT2D eigenvalue weighted by Gasteiger charge is -2.18. The van der Waals surface area contributed by atoms with Crippen molar-refractivity contribution in [3.63, 3.8) is 0 Å². The van der Waals surface area contributed by atoms with E-state index in [0.717, 1.165) is 30.1 Å². The van der Waals surface area contributed by atoms with Crippen LogP contribution in [0.15, 0.2) is 36.4 Å². The molecule has 0 saturated heterocycles. The Morgan fingerprint density at radius 2 is 1.94 bits per heavy atom. The van der Waals surface area contributed by atoms with Gasteiger partial charge in [-0.15, -0.1) is 0 Å². The summed E-state index contributed by atoms with van der Waals surface area (Å²) in [5.74, 6) is 3.39. The number of hydrogen-bond acceptors (Lipinski definition) is 1. The SMILES string of the molecule is Cc1ccc(OCC2CC3C=CC2C3)cc1. The Hall–Kier alpha value is -1.24. The van der Waals surface area contributed by atoms with Gasteiger partial charge in [0.15, 0.2) is 0 Å². The minimum Gasteiger partial charge on any atom is -0.493 e. The highest BCUT2D eigenvalue weighted by Crippen LogP contribution is 2.43. The Labute approximate surface area is 97.1 Å². The molecule has 1 aromatic carbocycles. The zero-order valence-electron chi connectivity index (χ0n) is 9.73. The topological polar surface area (TPSA) is 9.23 Å². The van der Waals surface area contributed by atoms with E-state index >= 15 is 0 Å². The third-order valence-electron chi connectivity index (χ3n) is 3.90. The predicted octanol–water partition coefficient (Wildman–Crippen LogP) is 3.59. The second-order valence-electron chi connectivity index (χ2n) is 5.16. The molecule has 0 aromatic heterocycles. The molecule has 0 N–H and O–H groups in total. The van der Waals surface area contributed by atoms with Crippen molar-refractivity contribution >= 4 is 0 Å². The van der Waals surface area contributed by atoms with Crippen LogP contribution in [0.3, 0.4) is 0 Å². The number of benzene rings is 1. The van der Waals surface area contributed by atoms with Crippen LogP contribution in [-0.4, -0.2) is 6.61 Å². The number of fused-ring (bicyclic) bond motifs is 2. The fraction of sp³-hybridized carbons (Fsp3) is 0.467. The Balaban J connectivity index is 1.57. The normalized spacial score (nSPS) is 30.9. The highest BCUT2D eigenvalue weighted by molar-refractivity contribution is 5.26. The van der Waals surface area contributed by atoms with Crippen molar-refractivity contribution < 1.29 is 4.74 Å². The van der Waals surface area contributed by atoms with E-state index in [2.05, 4.69) is 43.3 Å². The first-order valence-corrected chi connectivity index (χ1v) is 6.19. The zero-order valence-corrected chi connectivity index (χ0v) is 9.73. The van der Waals surface area contributed by atoms with Crippen molar-refractivity contribution in [2.24, 2.45) is 17.8 Å². The molecule has 0 heterocycles. The standard InChI is InChI=1S/C15H18O/c1-11-2-6-15(7-3-11)16-10-14-9-12-4-5-13(14)8-12/h2-7,12-14H,8-10H2,1H3. The van der Waals surface area contributed by atoms with Crippen LogP contribution in [0.4, 0.5) is 0 Å². The van der Waals surface area contributed by atoms with Crippen LogP contribution in [0.1, 0.15) is 18.4 Å². The van der Waals surface area contributed by atoms with Gasteiger partial charge in [-0.05, 0) is 49.7 Å². The summed E-state index contributed by atoms with van der Waals surface area (Å²) >= 11 is 0. The molecular weight excluding hydrogens is 196 g/mol. The predicted molar refractivity (Wildman–Crippen MR) is 65.5 cm³/mol. The van der Waals surface area contributed by atoms with Gasteiger partial charge in [-0.2, -0.15) is 0 Å². The average Bonchev–Trinajstić information content (AvgIpc) is 2.90. The van der Waals surface area contributed by atoms with Gasteiger partial charge in [0.05, 0.1) is 6.61 Å². The summed E-state index contributed by atoms with van der Waals surface area (Å²) in [6.07, 6.45) is 7.46. The molecule has 2 aliphatic carbocycles. The minimum atomic E-state index is 0.747. The van der Waals surface area contributed by atoms with E-state index in [1.807, 2.05) is 0 Å². The number of allylic oxidation sites excluding steroid dienone is 2. The lowest BCUT2D eigenvalue weighted by atomic mass is 9.95. The summed E-state index contributed by atoms with van der Waals surface area (Å²) < 4.78 is 5.86. The molecule has 0 aliphatic heterocycles. The van der Waals surface area contributed by atoms with Gasteiger partial charge in [0.25, 0.3) is 0 Å². The molecule has 1 fully saturated rings. The van der Waals surface area contributed by atoms with Crippen LogP contribution in [0.25, 0.3) is 0 Å². The summed E-state index contributed by atoms with van der Waals surface area (Å²) in [6.45, 7) is 2.99. The van der Waals surface area contributed by atoms with Crippen molar-refractivity contribution in [3.8, 4) is 5.75 Å². The van der Waals surface area contributed by atoms with Gasteiger partial charge in [-0.1, -0.05) is 29.8 Å². The fourth-order valence-corrected chi connectivity index (χ4v) is 2.92. The van der Waals surface area contributed by atoms with Gasteiger partial charge in [-0.3, -0.25) is 0 Å². The first-order chi connectivity index (χ1) is 7.81. The third-order valence-corrected chi connectivity index (χ3v) is 3.90. The third kappa shape index (κ3) is 1.87. The van der Waals surface area contributed by atoms with Gasteiger partial charge < -0.3 is 4.74 Å². The molecular formula is C15H18O. The molecule has 3 rings (SSSR count). The Kier molecular flexibility index (Phi) is 2.47. The van der Waals surface area contributed by atoms with E-state index in [-0.39, 0.29) is 0 Å². The molecule has 2 bridgehead atoms. The van der Waals surface area contributed by atoms with Crippen LogP contribution >= 0.6 is 0 Å². The summed E-state index contributed by atoms with van der Waals surface area (Å²) in [7, 11) is 0. The molecule has 0 spiro atoms. The average molecular weight is 214 g/mol. The quantitative estimate of drug-likeness (QED) is 0.699. The van der Waals surface area contributed by atoms with Crippen molar-refractivity contribution in [1.29, 1.82) is 0 Å². The number of aryl methyl sites for hydroxylation is 1. The molecule has 2 aliphatic rings. The van der Waals surface area contributed by atoms with E-state index < -0.39 is 0 Å². The smallest absolute Gasteiger partial charge is 0.119 e. The summed E-state index contributed by atoms with van der Waals surface area (Å²) in [4.78, 5) is 0. The molecule has 84 valence electrons. The summed E-state index contributed by atoms with van der Waals surface area (Å²) in [6, 6.07) is 8.35. The van der Waals surface area contributed by atoms with Crippen LogP contribution in [-0.2, 0) is 0 Å². The van der Waals surface area contributed by atoms with E-state index in [0.29, 0.717) is 0 Å². The minimum absolute atomic E-state index is 0.747. The first kappa shape index (κ1) is 9.95. The molecule has 1 aromatic rings. The van der Waals surface area contributed by atoms with Gasteiger partial charge in [0.1, 0.15) is 5.75 Å². The van der Waals surface area contributed by atoms with E-state index in [1.165, 1.54) is 18.4 Å². The van der Waals surface area contributed by atoms with Crippen LogP contribution in [0.2, 0.25) is 0 Å². The molecule has 1 heteroatoms. The Morgan fingerprint density at radius 3 is 2.56 bits per heavy atom. The maximum Gasteiger partial charge on any atom is 0.119 e. The number of rotatable bonds is 3. The molecule has 16 heavy (non-hydrogen) atoms. The second kappa shape index (κ2) is 3.97. The summed E-state index contributed by atoms with van der Waals surface area (Å²) in [5.41, 5.74) is 1.29. The number of ether oxygens (including phenoxy) is 1. The lowest BCUT2D eigenvalue weighted by molar-refractivity contribution is 0.227. The molecule has 0 amide bonds. The largest absolute Gasteiger partial charge is 0.493 e. The fourth-order valence-electron chi connectivity index (χ4n) is 2.92. The van der Waals surface area contributed by atoms with E-state index in [1.54, 1.807) is 0 Å². The Morgan fingerprint density at radius 1 is 1.12 bits per heavy atom.